The van der Waals surface area contributed by atoms with Gasteiger partial charge in [-0.05, 0) is 17.5 Å². The van der Waals surface area contributed by atoms with Crippen molar-refractivity contribution in [2.24, 2.45) is 0 Å². The van der Waals surface area contributed by atoms with E-state index in [-0.39, 0.29) is 30.9 Å². The average Bonchev–Trinajstić information content (AvgIpc) is 2.62. The van der Waals surface area contributed by atoms with E-state index in [1.54, 1.807) is 12.4 Å². The molecular weight excluding hydrogens is 302 g/mol. The summed E-state index contributed by atoms with van der Waals surface area (Å²) in [6.07, 6.45) is 0.728. The molecule has 0 heterocycles. The van der Waals surface area contributed by atoms with Gasteiger partial charge in [0.15, 0.2) is 13.1 Å². The summed E-state index contributed by atoms with van der Waals surface area (Å²) >= 11 is 0. The maximum Gasteiger partial charge on any atom is 0.275 e. The lowest BCUT2D eigenvalue weighted by molar-refractivity contribution is -0.633. The lowest BCUT2D eigenvalue weighted by atomic mass is 9.99. The minimum absolute atomic E-state index is 0.0799. The molecule has 0 aromatic heterocycles. The van der Waals surface area contributed by atoms with Gasteiger partial charge in [-0.25, -0.2) is 0 Å². The van der Waals surface area contributed by atoms with Crippen LogP contribution in [0.25, 0.3) is 0 Å². The van der Waals surface area contributed by atoms with Gasteiger partial charge in [0.25, 0.3) is 11.8 Å². The molecule has 0 radical (unpaired) electrons. The van der Waals surface area contributed by atoms with Crippen LogP contribution in [0, 0.1) is 0 Å². The van der Waals surface area contributed by atoms with Crippen molar-refractivity contribution in [2.45, 2.75) is 12.5 Å². The van der Waals surface area contributed by atoms with Crippen LogP contribution in [0.5, 0.6) is 0 Å². The molecule has 24 heavy (non-hydrogen) atoms. The maximum absolute atomic E-state index is 12.2. The lowest BCUT2D eigenvalue weighted by Crippen LogP contribution is -2.88. The van der Waals surface area contributed by atoms with Crippen molar-refractivity contribution in [3.05, 3.63) is 71.8 Å². The molecule has 0 saturated heterocycles. The number of quaternary nitrogens is 1. The third-order valence-corrected chi connectivity index (χ3v) is 3.76. The number of carbonyl (C=O) groups excluding carboxylic acids is 2. The highest BCUT2D eigenvalue weighted by atomic mass is 16.2. The normalized spacial score (nSPS) is 11.5. The number of amides is 2. The van der Waals surface area contributed by atoms with E-state index in [2.05, 4.69) is 22.8 Å². The Morgan fingerprint density at radius 3 is 2.12 bits per heavy atom. The van der Waals surface area contributed by atoms with Crippen molar-refractivity contribution >= 4 is 11.8 Å². The van der Waals surface area contributed by atoms with E-state index < -0.39 is 0 Å². The summed E-state index contributed by atoms with van der Waals surface area (Å²) in [5.74, 6) is -0.171. The Balaban J connectivity index is 1.98. The fourth-order valence-corrected chi connectivity index (χ4v) is 2.48. The van der Waals surface area contributed by atoms with Gasteiger partial charge in [0, 0.05) is 7.05 Å². The molecular formula is C19H24N3O2+. The summed E-state index contributed by atoms with van der Waals surface area (Å²) in [4.78, 5) is 23.4. The minimum Gasteiger partial charge on any atom is -0.354 e. The number of nitrogens with two attached hydrogens (primary N) is 1. The Bertz CT molecular complexity index is 644. The first-order valence-electron chi connectivity index (χ1n) is 8.09. The molecule has 0 bridgehead atoms. The molecule has 0 fully saturated rings. The van der Waals surface area contributed by atoms with Crippen LogP contribution in [0.2, 0.25) is 0 Å². The summed E-state index contributed by atoms with van der Waals surface area (Å²) in [5.41, 5.74) is 2.24. The molecule has 0 aliphatic rings. The summed E-state index contributed by atoms with van der Waals surface area (Å²) < 4.78 is 0. The lowest BCUT2D eigenvalue weighted by Gasteiger charge is -2.19. The van der Waals surface area contributed by atoms with Crippen LogP contribution in [-0.4, -0.2) is 32.0 Å². The zero-order valence-corrected chi connectivity index (χ0v) is 13.9. The van der Waals surface area contributed by atoms with Crippen molar-refractivity contribution < 1.29 is 14.9 Å². The van der Waals surface area contributed by atoms with Gasteiger partial charge in [0.1, 0.15) is 0 Å². The number of hydrogen-bond acceptors (Lipinski definition) is 2. The van der Waals surface area contributed by atoms with Crippen LogP contribution < -0.4 is 16.0 Å². The number of nitrogens with one attached hydrogen (secondary N) is 2. The second-order valence-corrected chi connectivity index (χ2v) is 5.59. The molecule has 0 spiro atoms. The highest BCUT2D eigenvalue weighted by Crippen LogP contribution is 2.18. The Hall–Kier alpha value is -2.66. The smallest absolute Gasteiger partial charge is 0.275 e. The predicted octanol–water partition coefficient (Wildman–Crippen LogP) is 0.396. The van der Waals surface area contributed by atoms with Gasteiger partial charge >= 0.3 is 0 Å². The van der Waals surface area contributed by atoms with Crippen LogP contribution >= 0.6 is 0 Å². The van der Waals surface area contributed by atoms with Crippen molar-refractivity contribution in [1.82, 2.24) is 10.6 Å². The van der Waals surface area contributed by atoms with Crippen molar-refractivity contribution in [3.8, 4) is 0 Å². The molecule has 5 nitrogen and oxygen atoms in total. The van der Waals surface area contributed by atoms with Crippen molar-refractivity contribution in [3.63, 3.8) is 0 Å². The second kappa shape index (κ2) is 9.47. The van der Waals surface area contributed by atoms with Gasteiger partial charge in [0.2, 0.25) is 0 Å². The monoisotopic (exact) mass is 326 g/mol. The Kier molecular flexibility index (Phi) is 6.98. The SMILES string of the molecule is CNC(=O)C[NH2+]CC(=O)N[C@H](Cc1ccccc1)c1ccccc1. The number of likely N-dealkylation sites (N-methyl/N-ethyl adjacent to an activating group) is 1. The second-order valence-electron chi connectivity index (χ2n) is 5.59. The molecule has 126 valence electrons. The van der Waals surface area contributed by atoms with E-state index in [1.165, 1.54) is 5.56 Å². The number of hydrogen-bond donors (Lipinski definition) is 3. The fraction of sp³-hybridized carbons (Fsp3) is 0.263. The number of rotatable bonds is 8. The van der Waals surface area contributed by atoms with Gasteiger partial charge in [0.05, 0.1) is 6.04 Å². The van der Waals surface area contributed by atoms with Gasteiger partial charge in [-0.15, -0.1) is 0 Å². The first kappa shape index (κ1) is 17.7. The largest absolute Gasteiger partial charge is 0.354 e. The van der Waals surface area contributed by atoms with Crippen LogP contribution in [0.15, 0.2) is 60.7 Å². The molecule has 0 aliphatic carbocycles. The van der Waals surface area contributed by atoms with E-state index in [1.807, 2.05) is 48.5 Å². The van der Waals surface area contributed by atoms with E-state index in [0.29, 0.717) is 0 Å². The summed E-state index contributed by atoms with van der Waals surface area (Å²) in [6, 6.07) is 19.9. The van der Waals surface area contributed by atoms with Gasteiger partial charge < -0.3 is 16.0 Å². The molecule has 2 rings (SSSR count). The highest BCUT2D eigenvalue weighted by molar-refractivity contribution is 5.78. The van der Waals surface area contributed by atoms with Crippen molar-refractivity contribution in [1.29, 1.82) is 0 Å². The van der Waals surface area contributed by atoms with E-state index in [0.717, 1.165) is 12.0 Å². The first-order chi connectivity index (χ1) is 11.7. The Labute approximate surface area is 142 Å². The van der Waals surface area contributed by atoms with Gasteiger partial charge in [-0.3, -0.25) is 9.59 Å². The molecule has 0 aliphatic heterocycles. The van der Waals surface area contributed by atoms with Crippen LogP contribution in [0.4, 0.5) is 0 Å². The van der Waals surface area contributed by atoms with E-state index in [9.17, 15) is 9.59 Å². The molecule has 2 amide bonds. The zero-order chi connectivity index (χ0) is 17.2. The maximum atomic E-state index is 12.2. The van der Waals surface area contributed by atoms with Crippen LogP contribution in [-0.2, 0) is 16.0 Å². The van der Waals surface area contributed by atoms with Gasteiger partial charge in [-0.1, -0.05) is 60.7 Å². The molecule has 0 unspecified atom stereocenters. The number of carbonyl (C=O) groups is 2. The molecule has 4 N–H and O–H groups in total. The molecule has 0 saturated carbocycles. The van der Waals surface area contributed by atoms with Crippen LogP contribution in [0.1, 0.15) is 17.2 Å². The quantitative estimate of drug-likeness (QED) is 0.657. The first-order valence-corrected chi connectivity index (χ1v) is 8.09. The summed E-state index contributed by atoms with van der Waals surface area (Å²) in [7, 11) is 1.58. The Morgan fingerprint density at radius 2 is 1.50 bits per heavy atom. The van der Waals surface area contributed by atoms with E-state index in [4.69, 9.17) is 0 Å². The van der Waals surface area contributed by atoms with Gasteiger partial charge in [-0.2, -0.15) is 0 Å². The molecule has 2 aromatic carbocycles. The van der Waals surface area contributed by atoms with Crippen molar-refractivity contribution in [2.75, 3.05) is 20.1 Å². The summed E-state index contributed by atoms with van der Waals surface area (Å²) in [5, 5.41) is 7.30. The van der Waals surface area contributed by atoms with Crippen LogP contribution in [0.3, 0.4) is 0 Å². The number of benzene rings is 2. The summed E-state index contributed by atoms with van der Waals surface area (Å²) in [6.45, 7) is 0.476. The standard InChI is InChI=1S/C19H23N3O2/c1-20-18(23)13-21-14-19(24)22-17(16-10-6-3-7-11-16)12-15-8-4-2-5-9-15/h2-11,17,21H,12-14H2,1H3,(H,20,23)(H,22,24)/p+1/t17-/m1/s1. The molecule has 5 heteroatoms. The average molecular weight is 326 g/mol. The molecule has 2 aromatic rings. The van der Waals surface area contributed by atoms with E-state index >= 15 is 0 Å². The fourth-order valence-electron chi connectivity index (χ4n) is 2.48. The zero-order valence-electron chi connectivity index (χ0n) is 13.9. The topological polar surface area (TPSA) is 74.8 Å². The predicted molar refractivity (Wildman–Crippen MR) is 93.2 cm³/mol. The molecule has 1 atom stereocenters. The highest BCUT2D eigenvalue weighted by Gasteiger charge is 2.16. The third-order valence-electron chi connectivity index (χ3n) is 3.76. The minimum atomic E-state index is -0.0910. The Morgan fingerprint density at radius 1 is 0.917 bits per heavy atom. The third kappa shape index (κ3) is 5.85.